The van der Waals surface area contributed by atoms with Gasteiger partial charge in [0, 0.05) is 14.6 Å². The molecule has 0 fully saturated rings. The van der Waals surface area contributed by atoms with E-state index < -0.39 is 10.0 Å². The molecule has 112 valence electrons. The first kappa shape index (κ1) is 16.3. The molecule has 0 aliphatic carbocycles. The molecule has 0 unspecified atom stereocenters. The monoisotopic (exact) mass is 432 g/mol. The molecule has 0 heterocycles. The van der Waals surface area contributed by atoms with E-state index in [2.05, 4.69) is 36.6 Å². The zero-order chi connectivity index (χ0) is 15.6. The van der Waals surface area contributed by atoms with Crippen LogP contribution in [0.5, 0.6) is 0 Å². The van der Waals surface area contributed by atoms with Gasteiger partial charge in [0.15, 0.2) is 0 Å². The van der Waals surface area contributed by atoms with Crippen LogP contribution in [0.15, 0.2) is 45.3 Å². The molecule has 2 rings (SSSR count). The molecule has 0 radical (unpaired) electrons. The molecule has 0 bridgehead atoms. The Labute approximate surface area is 141 Å². The maximum Gasteiger partial charge on any atom is 0.237 e. The van der Waals surface area contributed by atoms with Gasteiger partial charge >= 0.3 is 0 Å². The van der Waals surface area contributed by atoms with Crippen molar-refractivity contribution in [2.45, 2.75) is 12.7 Å². The van der Waals surface area contributed by atoms with E-state index in [1.807, 2.05) is 19.1 Å². The van der Waals surface area contributed by atoms with Gasteiger partial charge in [-0.3, -0.25) is 4.72 Å². The van der Waals surface area contributed by atoms with E-state index in [1.165, 1.54) is 0 Å². The molecule has 0 atom stereocenters. The summed E-state index contributed by atoms with van der Waals surface area (Å²) in [5.41, 5.74) is 8.33. The molecule has 0 amide bonds. The number of nitrogens with one attached hydrogen (secondary N) is 1. The molecule has 0 spiro atoms. The number of nitrogens with two attached hydrogens (primary N) is 1. The van der Waals surface area contributed by atoms with Crippen molar-refractivity contribution in [3.8, 4) is 0 Å². The highest BCUT2D eigenvalue weighted by Crippen LogP contribution is 2.33. The summed E-state index contributed by atoms with van der Waals surface area (Å²) >= 11 is 6.74. The van der Waals surface area contributed by atoms with Crippen molar-refractivity contribution >= 4 is 53.3 Å². The van der Waals surface area contributed by atoms with E-state index in [1.54, 1.807) is 24.3 Å². The number of rotatable bonds is 4. The van der Waals surface area contributed by atoms with Crippen LogP contribution in [0.4, 0.5) is 11.4 Å². The largest absolute Gasteiger partial charge is 0.398 e. The molecule has 0 aliphatic heterocycles. The van der Waals surface area contributed by atoms with Gasteiger partial charge in [-0.2, -0.15) is 0 Å². The van der Waals surface area contributed by atoms with Crippen molar-refractivity contribution in [3.63, 3.8) is 0 Å². The molecule has 0 saturated carbocycles. The number of para-hydroxylation sites is 1. The van der Waals surface area contributed by atoms with Crippen molar-refractivity contribution in [3.05, 3.63) is 56.5 Å². The Morgan fingerprint density at radius 2 is 1.71 bits per heavy atom. The smallest absolute Gasteiger partial charge is 0.237 e. The second-order valence-corrected chi connectivity index (χ2v) is 8.09. The van der Waals surface area contributed by atoms with Crippen molar-refractivity contribution in [1.82, 2.24) is 0 Å². The SMILES string of the molecule is Cc1cc(Br)c(NS(=O)(=O)Cc2ccccc2N)c(Br)c1. The van der Waals surface area contributed by atoms with Crippen LogP contribution in [0.25, 0.3) is 0 Å². The van der Waals surface area contributed by atoms with E-state index >= 15 is 0 Å². The number of hydrogen-bond acceptors (Lipinski definition) is 3. The second-order valence-electron chi connectivity index (χ2n) is 4.66. The number of hydrogen-bond donors (Lipinski definition) is 2. The first-order chi connectivity index (χ1) is 9.78. The second kappa shape index (κ2) is 6.37. The average molecular weight is 434 g/mol. The standard InChI is InChI=1S/C14H14Br2N2O2S/c1-9-6-11(15)14(12(16)7-9)18-21(19,20)8-10-4-2-3-5-13(10)17/h2-7,18H,8,17H2,1H3. The number of nitrogen functional groups attached to an aromatic ring is 1. The van der Waals surface area contributed by atoms with Gasteiger partial charge in [0.25, 0.3) is 0 Å². The van der Waals surface area contributed by atoms with Crippen molar-refractivity contribution in [2.24, 2.45) is 0 Å². The molecular formula is C14H14Br2N2O2S. The molecule has 0 aromatic heterocycles. The van der Waals surface area contributed by atoms with Crippen LogP contribution in [-0.2, 0) is 15.8 Å². The van der Waals surface area contributed by atoms with Crippen LogP contribution in [0.1, 0.15) is 11.1 Å². The summed E-state index contributed by atoms with van der Waals surface area (Å²) in [7, 11) is -3.56. The minimum absolute atomic E-state index is 0.174. The highest BCUT2D eigenvalue weighted by atomic mass is 79.9. The maximum absolute atomic E-state index is 12.3. The summed E-state index contributed by atoms with van der Waals surface area (Å²) in [5.74, 6) is -0.174. The average Bonchev–Trinajstić information content (AvgIpc) is 2.36. The highest BCUT2D eigenvalue weighted by Gasteiger charge is 2.17. The number of anilines is 2. The molecule has 2 aromatic rings. The molecule has 2 aromatic carbocycles. The Balaban J connectivity index is 2.29. The van der Waals surface area contributed by atoms with E-state index in [4.69, 9.17) is 5.73 Å². The minimum atomic E-state index is -3.56. The summed E-state index contributed by atoms with van der Waals surface area (Å²) in [4.78, 5) is 0. The highest BCUT2D eigenvalue weighted by molar-refractivity contribution is 9.11. The van der Waals surface area contributed by atoms with Gasteiger partial charge in [-0.25, -0.2) is 8.42 Å². The predicted octanol–water partition coefficient (Wildman–Crippen LogP) is 4.04. The zero-order valence-electron chi connectivity index (χ0n) is 11.2. The van der Waals surface area contributed by atoms with Gasteiger partial charge in [-0.15, -0.1) is 0 Å². The fraction of sp³-hybridized carbons (Fsp3) is 0.143. The summed E-state index contributed by atoms with van der Waals surface area (Å²) in [5, 5.41) is 0. The number of halogens is 2. The molecular weight excluding hydrogens is 420 g/mol. The lowest BCUT2D eigenvalue weighted by molar-refractivity contribution is 0.600. The van der Waals surface area contributed by atoms with Gasteiger partial charge in [-0.1, -0.05) is 18.2 Å². The third-order valence-corrected chi connectivity index (χ3v) is 5.30. The van der Waals surface area contributed by atoms with Crippen LogP contribution in [0.2, 0.25) is 0 Å². The Morgan fingerprint density at radius 1 is 1.14 bits per heavy atom. The van der Waals surface area contributed by atoms with E-state index in [-0.39, 0.29) is 5.75 Å². The zero-order valence-corrected chi connectivity index (χ0v) is 15.2. The van der Waals surface area contributed by atoms with Crippen molar-refractivity contribution < 1.29 is 8.42 Å². The van der Waals surface area contributed by atoms with E-state index in [0.717, 1.165) is 5.56 Å². The first-order valence-electron chi connectivity index (χ1n) is 6.08. The summed E-state index contributed by atoms with van der Waals surface area (Å²) in [6.45, 7) is 1.93. The Hall–Kier alpha value is -1.05. The van der Waals surface area contributed by atoms with Crippen LogP contribution >= 0.6 is 31.9 Å². The lowest BCUT2D eigenvalue weighted by Crippen LogP contribution is -2.16. The summed E-state index contributed by atoms with van der Waals surface area (Å²) in [6, 6.07) is 10.6. The molecule has 7 heteroatoms. The molecule has 21 heavy (non-hydrogen) atoms. The maximum atomic E-state index is 12.3. The lowest BCUT2D eigenvalue weighted by atomic mass is 10.2. The fourth-order valence-corrected chi connectivity index (χ4v) is 5.01. The third kappa shape index (κ3) is 4.21. The topological polar surface area (TPSA) is 72.2 Å². The van der Waals surface area contributed by atoms with E-state index in [9.17, 15) is 8.42 Å². The third-order valence-electron chi connectivity index (χ3n) is 2.84. The van der Waals surface area contributed by atoms with Crippen LogP contribution < -0.4 is 10.5 Å². The molecule has 0 saturated heterocycles. The predicted molar refractivity (Wildman–Crippen MR) is 93.7 cm³/mol. The number of aryl methyl sites for hydroxylation is 1. The van der Waals surface area contributed by atoms with Gasteiger partial charge < -0.3 is 5.73 Å². The quantitative estimate of drug-likeness (QED) is 0.714. The van der Waals surface area contributed by atoms with Gasteiger partial charge in [0.1, 0.15) is 0 Å². The number of sulfonamides is 1. The Morgan fingerprint density at radius 3 is 2.29 bits per heavy atom. The summed E-state index contributed by atoms with van der Waals surface area (Å²) < 4.78 is 28.5. The fourth-order valence-electron chi connectivity index (χ4n) is 1.86. The van der Waals surface area contributed by atoms with Gasteiger partial charge in [0.05, 0.1) is 11.4 Å². The van der Waals surface area contributed by atoms with Gasteiger partial charge in [-0.05, 0) is 68.1 Å². The minimum Gasteiger partial charge on any atom is -0.398 e. The molecule has 0 aliphatic rings. The first-order valence-corrected chi connectivity index (χ1v) is 9.32. The van der Waals surface area contributed by atoms with Crippen molar-refractivity contribution in [1.29, 1.82) is 0 Å². The van der Waals surface area contributed by atoms with Crippen LogP contribution in [0, 0.1) is 6.92 Å². The number of benzene rings is 2. The van der Waals surface area contributed by atoms with Crippen LogP contribution in [0.3, 0.4) is 0 Å². The van der Waals surface area contributed by atoms with E-state index in [0.29, 0.717) is 25.9 Å². The van der Waals surface area contributed by atoms with Crippen LogP contribution in [-0.4, -0.2) is 8.42 Å². The molecule has 3 N–H and O–H groups in total. The lowest BCUT2D eigenvalue weighted by Gasteiger charge is -2.13. The van der Waals surface area contributed by atoms with Crippen molar-refractivity contribution in [2.75, 3.05) is 10.5 Å². The Kier molecular flexibility index (Phi) is 4.95. The summed E-state index contributed by atoms with van der Waals surface area (Å²) in [6.07, 6.45) is 0. The Bertz CT molecular complexity index is 753. The normalized spacial score (nSPS) is 11.4. The molecule has 4 nitrogen and oxygen atoms in total. The van der Waals surface area contributed by atoms with Gasteiger partial charge in [0.2, 0.25) is 10.0 Å².